The summed E-state index contributed by atoms with van der Waals surface area (Å²) >= 11 is 6.67. The van der Waals surface area contributed by atoms with Crippen LogP contribution in [0.1, 0.15) is 18.5 Å². The van der Waals surface area contributed by atoms with E-state index in [1.54, 1.807) is 18.2 Å². The van der Waals surface area contributed by atoms with E-state index in [1.807, 2.05) is 13.0 Å². The molecule has 2 aromatic carbocycles. The molecule has 0 spiro atoms. The van der Waals surface area contributed by atoms with Gasteiger partial charge in [0.1, 0.15) is 11.5 Å². The molecule has 7 heteroatoms. The van der Waals surface area contributed by atoms with Gasteiger partial charge in [-0.2, -0.15) is 0 Å². The molecule has 0 radical (unpaired) electrons. The monoisotopic (exact) mass is 414 g/mol. The first-order valence-corrected chi connectivity index (χ1v) is 7.63. The van der Waals surface area contributed by atoms with Gasteiger partial charge in [0, 0.05) is 21.1 Å². The summed E-state index contributed by atoms with van der Waals surface area (Å²) in [5.74, 6) is 0.954. The average Bonchev–Trinajstić information content (AvgIpc) is 2.37. The van der Waals surface area contributed by atoms with Crippen molar-refractivity contribution in [2.45, 2.75) is 13.0 Å². The molecule has 0 unspecified atom stereocenters. The minimum atomic E-state index is -0.466. The fourth-order valence-electron chi connectivity index (χ4n) is 1.79. The molecule has 110 valence electrons. The van der Waals surface area contributed by atoms with E-state index >= 15 is 0 Å². The molecule has 2 aromatic rings. The van der Waals surface area contributed by atoms with Gasteiger partial charge in [-0.25, -0.2) is 0 Å². The molecule has 0 bridgehead atoms. The van der Waals surface area contributed by atoms with E-state index in [0.29, 0.717) is 16.0 Å². The van der Waals surface area contributed by atoms with Crippen molar-refractivity contribution < 1.29 is 9.66 Å². The fraction of sp³-hybridized carbons (Fsp3) is 0.143. The Labute approximate surface area is 138 Å². The summed E-state index contributed by atoms with van der Waals surface area (Å²) in [4.78, 5) is 10.4. The highest BCUT2D eigenvalue weighted by molar-refractivity contribution is 9.10. The van der Waals surface area contributed by atoms with Gasteiger partial charge in [0.05, 0.1) is 11.0 Å². The third-order valence-electron chi connectivity index (χ3n) is 2.77. The molecule has 5 nitrogen and oxygen atoms in total. The molecule has 0 saturated carbocycles. The van der Waals surface area contributed by atoms with Crippen molar-refractivity contribution in [1.82, 2.24) is 0 Å². The van der Waals surface area contributed by atoms with E-state index in [9.17, 15) is 10.1 Å². The van der Waals surface area contributed by atoms with Gasteiger partial charge in [0.2, 0.25) is 0 Å². The van der Waals surface area contributed by atoms with Crippen LogP contribution >= 0.6 is 31.9 Å². The van der Waals surface area contributed by atoms with Crippen LogP contribution in [0.25, 0.3) is 0 Å². The van der Waals surface area contributed by atoms with Crippen molar-refractivity contribution in [3.63, 3.8) is 0 Å². The van der Waals surface area contributed by atoms with Gasteiger partial charge in [0.15, 0.2) is 0 Å². The average molecular weight is 416 g/mol. The SMILES string of the molecule is C[C@@H](N)c1ccc(Oc2cc(Br)cc([N+](=O)[O-])c2)cc1Br. The Morgan fingerprint density at radius 2 is 1.90 bits per heavy atom. The summed E-state index contributed by atoms with van der Waals surface area (Å²) in [6.07, 6.45) is 0. The number of ether oxygens (including phenoxy) is 1. The molecule has 0 amide bonds. The number of nitro benzene ring substituents is 1. The van der Waals surface area contributed by atoms with Crippen LogP contribution in [-0.4, -0.2) is 4.92 Å². The van der Waals surface area contributed by atoms with Gasteiger partial charge in [-0.15, -0.1) is 0 Å². The Kier molecular flexibility index (Phi) is 4.97. The van der Waals surface area contributed by atoms with Gasteiger partial charge >= 0.3 is 0 Å². The Morgan fingerprint density at radius 3 is 2.48 bits per heavy atom. The highest BCUT2D eigenvalue weighted by Gasteiger charge is 2.11. The summed E-state index contributed by atoms with van der Waals surface area (Å²) in [7, 11) is 0. The lowest BCUT2D eigenvalue weighted by atomic mass is 10.1. The Morgan fingerprint density at radius 1 is 1.19 bits per heavy atom. The Balaban J connectivity index is 2.30. The van der Waals surface area contributed by atoms with Crippen LogP contribution in [0, 0.1) is 10.1 Å². The van der Waals surface area contributed by atoms with Gasteiger partial charge in [-0.1, -0.05) is 37.9 Å². The maximum atomic E-state index is 10.8. The molecule has 0 aliphatic carbocycles. The summed E-state index contributed by atoms with van der Waals surface area (Å²) in [6, 6.07) is 9.78. The maximum Gasteiger partial charge on any atom is 0.274 e. The molecule has 21 heavy (non-hydrogen) atoms. The number of hydrogen-bond donors (Lipinski definition) is 1. The highest BCUT2D eigenvalue weighted by Crippen LogP contribution is 2.32. The second-order valence-corrected chi connectivity index (χ2v) is 6.25. The first-order chi connectivity index (χ1) is 9.86. The number of nitro groups is 1. The predicted octanol–water partition coefficient (Wildman–Crippen LogP) is 4.93. The quantitative estimate of drug-likeness (QED) is 0.567. The normalized spacial score (nSPS) is 12.0. The summed E-state index contributed by atoms with van der Waals surface area (Å²) in [5, 5.41) is 10.8. The topological polar surface area (TPSA) is 78.4 Å². The van der Waals surface area contributed by atoms with Crippen LogP contribution in [-0.2, 0) is 0 Å². The zero-order valence-corrected chi connectivity index (χ0v) is 14.2. The molecule has 0 heterocycles. The lowest BCUT2D eigenvalue weighted by Gasteiger charge is -2.11. The number of nitrogens with zero attached hydrogens (tertiary/aromatic N) is 1. The van der Waals surface area contributed by atoms with E-state index < -0.39 is 4.92 Å². The van der Waals surface area contributed by atoms with Crippen molar-refractivity contribution in [2.24, 2.45) is 5.73 Å². The number of halogens is 2. The number of nitrogens with two attached hydrogens (primary N) is 1. The standard InChI is InChI=1S/C14H12Br2N2O3/c1-8(17)13-3-2-11(7-14(13)16)21-12-5-9(15)4-10(6-12)18(19)20/h2-8H,17H2,1H3/t8-/m1/s1. The van der Waals surface area contributed by atoms with Crippen LogP contribution in [0.2, 0.25) is 0 Å². The van der Waals surface area contributed by atoms with Crippen LogP contribution < -0.4 is 10.5 Å². The predicted molar refractivity (Wildman–Crippen MR) is 87.6 cm³/mol. The minimum Gasteiger partial charge on any atom is -0.457 e. The molecule has 0 aromatic heterocycles. The zero-order valence-electron chi connectivity index (χ0n) is 11.0. The highest BCUT2D eigenvalue weighted by atomic mass is 79.9. The van der Waals surface area contributed by atoms with Gasteiger partial charge in [-0.05, 0) is 30.7 Å². The third-order valence-corrected chi connectivity index (χ3v) is 3.91. The molecule has 1 atom stereocenters. The van der Waals surface area contributed by atoms with Crippen LogP contribution in [0.3, 0.4) is 0 Å². The van der Waals surface area contributed by atoms with Crippen molar-refractivity contribution >= 4 is 37.5 Å². The van der Waals surface area contributed by atoms with Crippen LogP contribution in [0.5, 0.6) is 11.5 Å². The molecule has 2 N–H and O–H groups in total. The van der Waals surface area contributed by atoms with Crippen LogP contribution in [0.15, 0.2) is 45.3 Å². The van der Waals surface area contributed by atoms with E-state index in [4.69, 9.17) is 10.5 Å². The number of non-ortho nitro benzene ring substituents is 1. The van der Waals surface area contributed by atoms with E-state index in [1.165, 1.54) is 12.1 Å². The van der Waals surface area contributed by atoms with Crippen molar-refractivity contribution in [2.75, 3.05) is 0 Å². The lowest BCUT2D eigenvalue weighted by Crippen LogP contribution is -2.05. The van der Waals surface area contributed by atoms with Crippen molar-refractivity contribution in [3.05, 3.63) is 61.0 Å². The molecule has 0 fully saturated rings. The third kappa shape index (κ3) is 4.03. The van der Waals surface area contributed by atoms with Crippen molar-refractivity contribution in [3.8, 4) is 11.5 Å². The molecule has 2 rings (SSSR count). The number of rotatable bonds is 4. The molecule has 0 saturated heterocycles. The fourth-order valence-corrected chi connectivity index (χ4v) is 2.97. The number of hydrogen-bond acceptors (Lipinski definition) is 4. The molecule has 0 aliphatic heterocycles. The Bertz CT molecular complexity index is 690. The maximum absolute atomic E-state index is 10.8. The largest absolute Gasteiger partial charge is 0.457 e. The van der Waals surface area contributed by atoms with Gasteiger partial charge < -0.3 is 10.5 Å². The second-order valence-electron chi connectivity index (χ2n) is 4.48. The van der Waals surface area contributed by atoms with Gasteiger partial charge in [-0.3, -0.25) is 10.1 Å². The van der Waals surface area contributed by atoms with Crippen molar-refractivity contribution in [1.29, 1.82) is 0 Å². The molecular formula is C14H12Br2N2O3. The smallest absolute Gasteiger partial charge is 0.274 e. The summed E-state index contributed by atoms with van der Waals surface area (Å²) in [6.45, 7) is 1.89. The first-order valence-electron chi connectivity index (χ1n) is 6.04. The van der Waals surface area contributed by atoms with E-state index in [-0.39, 0.29) is 11.7 Å². The minimum absolute atomic E-state index is 0.0364. The van der Waals surface area contributed by atoms with E-state index in [0.717, 1.165) is 10.0 Å². The second kappa shape index (κ2) is 6.55. The first kappa shape index (κ1) is 15.9. The summed E-state index contributed by atoms with van der Waals surface area (Å²) in [5.41, 5.74) is 6.76. The lowest BCUT2D eigenvalue weighted by molar-refractivity contribution is -0.385. The Hall–Kier alpha value is -1.44. The number of benzene rings is 2. The van der Waals surface area contributed by atoms with Crippen LogP contribution in [0.4, 0.5) is 5.69 Å². The summed E-state index contributed by atoms with van der Waals surface area (Å²) < 4.78 is 7.07. The van der Waals surface area contributed by atoms with Gasteiger partial charge in [0.25, 0.3) is 5.69 Å². The molecule has 0 aliphatic rings. The molecular weight excluding hydrogens is 404 g/mol. The zero-order chi connectivity index (χ0) is 15.6. The van der Waals surface area contributed by atoms with E-state index in [2.05, 4.69) is 31.9 Å².